The first-order valence-corrected chi connectivity index (χ1v) is 6.93. The van der Waals surface area contributed by atoms with Crippen molar-refractivity contribution in [2.24, 2.45) is 7.05 Å². The quantitative estimate of drug-likeness (QED) is 0.840. The van der Waals surface area contributed by atoms with Crippen LogP contribution in [0.5, 0.6) is 5.75 Å². The molecular weight excluding hydrogens is 273 g/mol. The maximum absolute atomic E-state index is 14.2. The normalized spacial score (nSPS) is 12.4. The van der Waals surface area contributed by atoms with Gasteiger partial charge in [0.25, 0.3) is 0 Å². The van der Waals surface area contributed by atoms with Crippen molar-refractivity contribution in [2.45, 2.75) is 25.8 Å². The lowest BCUT2D eigenvalue weighted by Gasteiger charge is -2.18. The molecule has 2 rings (SSSR count). The van der Waals surface area contributed by atoms with E-state index in [-0.39, 0.29) is 11.9 Å². The van der Waals surface area contributed by atoms with Gasteiger partial charge in [0.1, 0.15) is 11.6 Å². The van der Waals surface area contributed by atoms with Crippen LogP contribution in [-0.4, -0.2) is 33.9 Å². The minimum atomic E-state index is -0.299. The molecule has 0 amide bonds. The SMILES string of the molecule is CCCNC(Cc1nnn(C)n1)c1ccc(OC)cc1F. The number of nitrogens with one attached hydrogen (secondary N) is 1. The van der Waals surface area contributed by atoms with E-state index in [1.807, 2.05) is 0 Å². The van der Waals surface area contributed by atoms with Gasteiger partial charge in [0, 0.05) is 24.1 Å². The van der Waals surface area contributed by atoms with E-state index in [9.17, 15) is 4.39 Å². The molecule has 0 spiro atoms. The van der Waals surface area contributed by atoms with Gasteiger partial charge >= 0.3 is 0 Å². The number of benzene rings is 1. The predicted molar refractivity (Wildman–Crippen MR) is 76.5 cm³/mol. The van der Waals surface area contributed by atoms with E-state index < -0.39 is 0 Å². The fourth-order valence-corrected chi connectivity index (χ4v) is 2.12. The van der Waals surface area contributed by atoms with E-state index in [0.29, 0.717) is 23.6 Å². The average molecular weight is 293 g/mol. The first-order chi connectivity index (χ1) is 10.1. The summed E-state index contributed by atoms with van der Waals surface area (Å²) in [6, 6.07) is 4.68. The summed E-state index contributed by atoms with van der Waals surface area (Å²) in [5.74, 6) is 0.788. The second-order valence-electron chi connectivity index (χ2n) is 4.79. The maximum atomic E-state index is 14.2. The summed E-state index contributed by atoms with van der Waals surface area (Å²) in [5.41, 5.74) is 0.580. The number of hydrogen-bond donors (Lipinski definition) is 1. The molecule has 1 heterocycles. The summed E-state index contributed by atoms with van der Waals surface area (Å²) in [4.78, 5) is 1.40. The number of hydrogen-bond acceptors (Lipinski definition) is 5. The third-order valence-electron chi connectivity index (χ3n) is 3.16. The highest BCUT2D eigenvalue weighted by molar-refractivity contribution is 5.31. The molecule has 1 unspecified atom stereocenters. The van der Waals surface area contributed by atoms with Crippen LogP contribution in [0.2, 0.25) is 0 Å². The van der Waals surface area contributed by atoms with Gasteiger partial charge in [0.05, 0.1) is 14.2 Å². The summed E-state index contributed by atoms with van der Waals surface area (Å²) >= 11 is 0. The van der Waals surface area contributed by atoms with E-state index in [4.69, 9.17) is 4.74 Å². The van der Waals surface area contributed by atoms with Gasteiger partial charge in [0.2, 0.25) is 0 Å². The van der Waals surface area contributed by atoms with Gasteiger partial charge in [0.15, 0.2) is 5.82 Å². The van der Waals surface area contributed by atoms with Gasteiger partial charge < -0.3 is 10.1 Å². The Morgan fingerprint density at radius 3 is 2.81 bits per heavy atom. The van der Waals surface area contributed by atoms with Crippen molar-refractivity contribution in [3.63, 3.8) is 0 Å². The van der Waals surface area contributed by atoms with Gasteiger partial charge in [-0.15, -0.1) is 10.2 Å². The van der Waals surface area contributed by atoms with Crippen molar-refractivity contribution in [3.8, 4) is 5.75 Å². The molecule has 0 radical (unpaired) electrons. The number of aryl methyl sites for hydroxylation is 1. The first-order valence-electron chi connectivity index (χ1n) is 6.93. The largest absolute Gasteiger partial charge is 0.497 e. The molecule has 0 saturated carbocycles. The number of methoxy groups -OCH3 is 1. The molecule has 7 heteroatoms. The lowest BCUT2D eigenvalue weighted by molar-refractivity contribution is 0.408. The van der Waals surface area contributed by atoms with E-state index in [0.717, 1.165) is 13.0 Å². The molecule has 1 N–H and O–H groups in total. The van der Waals surface area contributed by atoms with Crippen molar-refractivity contribution in [1.29, 1.82) is 0 Å². The Hall–Kier alpha value is -2.02. The van der Waals surface area contributed by atoms with Crippen LogP contribution in [-0.2, 0) is 13.5 Å². The first kappa shape index (κ1) is 15.4. The Bertz CT molecular complexity index is 586. The molecule has 0 aliphatic rings. The minimum Gasteiger partial charge on any atom is -0.497 e. The van der Waals surface area contributed by atoms with Crippen LogP contribution in [0.4, 0.5) is 4.39 Å². The van der Waals surface area contributed by atoms with Crippen LogP contribution in [0.15, 0.2) is 18.2 Å². The van der Waals surface area contributed by atoms with Crippen molar-refractivity contribution in [2.75, 3.05) is 13.7 Å². The molecule has 6 nitrogen and oxygen atoms in total. The highest BCUT2D eigenvalue weighted by Gasteiger charge is 2.18. The molecule has 0 saturated heterocycles. The third-order valence-corrected chi connectivity index (χ3v) is 3.16. The van der Waals surface area contributed by atoms with Crippen molar-refractivity contribution in [3.05, 3.63) is 35.4 Å². The Kier molecular flexibility index (Phi) is 5.21. The highest BCUT2D eigenvalue weighted by atomic mass is 19.1. The smallest absolute Gasteiger partial charge is 0.176 e. The molecule has 2 aromatic rings. The fraction of sp³-hybridized carbons (Fsp3) is 0.500. The lowest BCUT2D eigenvalue weighted by atomic mass is 10.0. The van der Waals surface area contributed by atoms with Gasteiger partial charge in [-0.25, -0.2) is 4.39 Å². The monoisotopic (exact) mass is 293 g/mol. The van der Waals surface area contributed by atoms with Crippen LogP contribution >= 0.6 is 0 Å². The Morgan fingerprint density at radius 1 is 1.43 bits per heavy atom. The predicted octanol–water partition coefficient (Wildman–Crippen LogP) is 1.64. The number of tetrazole rings is 1. The molecule has 114 valence electrons. The number of ether oxygens (including phenoxy) is 1. The zero-order valence-corrected chi connectivity index (χ0v) is 12.5. The van der Waals surface area contributed by atoms with Crippen molar-refractivity contribution >= 4 is 0 Å². The summed E-state index contributed by atoms with van der Waals surface area (Å²) < 4.78 is 19.3. The number of halogens is 1. The van der Waals surface area contributed by atoms with Crippen molar-refractivity contribution < 1.29 is 9.13 Å². The zero-order chi connectivity index (χ0) is 15.2. The Labute approximate surface area is 123 Å². The van der Waals surface area contributed by atoms with Gasteiger partial charge in [-0.05, 0) is 24.2 Å². The summed E-state index contributed by atoms with van der Waals surface area (Å²) in [7, 11) is 3.23. The number of rotatable bonds is 7. The summed E-state index contributed by atoms with van der Waals surface area (Å²) in [6.45, 7) is 2.85. The van der Waals surface area contributed by atoms with E-state index >= 15 is 0 Å². The number of nitrogens with zero attached hydrogens (tertiary/aromatic N) is 4. The molecule has 0 aliphatic carbocycles. The fourth-order valence-electron chi connectivity index (χ4n) is 2.12. The van der Waals surface area contributed by atoms with Crippen LogP contribution in [0.25, 0.3) is 0 Å². The van der Waals surface area contributed by atoms with E-state index in [2.05, 4.69) is 27.7 Å². The molecule has 0 fully saturated rings. The molecular formula is C14H20FN5O. The van der Waals surface area contributed by atoms with E-state index in [1.165, 1.54) is 18.0 Å². The Balaban J connectivity index is 2.22. The second-order valence-corrected chi connectivity index (χ2v) is 4.79. The zero-order valence-electron chi connectivity index (χ0n) is 12.5. The highest BCUT2D eigenvalue weighted by Crippen LogP contribution is 2.24. The van der Waals surface area contributed by atoms with Gasteiger partial charge in [-0.2, -0.15) is 4.80 Å². The molecule has 1 atom stereocenters. The van der Waals surface area contributed by atoms with Crippen LogP contribution in [0.1, 0.15) is 30.8 Å². The topological polar surface area (TPSA) is 64.9 Å². The summed E-state index contributed by atoms with van der Waals surface area (Å²) in [6.07, 6.45) is 1.44. The standard InChI is InChI=1S/C14H20FN5O/c1-4-7-16-13(9-14-17-19-20(2)18-14)11-6-5-10(21-3)8-12(11)15/h5-6,8,13,16H,4,7,9H2,1-3H3. The number of aromatic nitrogens is 4. The van der Waals surface area contributed by atoms with Crippen LogP contribution < -0.4 is 10.1 Å². The Morgan fingerprint density at radius 2 is 2.24 bits per heavy atom. The molecule has 0 bridgehead atoms. The maximum Gasteiger partial charge on any atom is 0.176 e. The minimum absolute atomic E-state index is 0.194. The summed E-state index contributed by atoms with van der Waals surface area (Å²) in [5, 5.41) is 15.3. The van der Waals surface area contributed by atoms with E-state index in [1.54, 1.807) is 19.2 Å². The molecule has 21 heavy (non-hydrogen) atoms. The third kappa shape index (κ3) is 3.98. The van der Waals surface area contributed by atoms with Crippen molar-refractivity contribution in [1.82, 2.24) is 25.5 Å². The van der Waals surface area contributed by atoms with Crippen LogP contribution in [0.3, 0.4) is 0 Å². The lowest BCUT2D eigenvalue weighted by Crippen LogP contribution is -2.25. The van der Waals surface area contributed by atoms with Gasteiger partial charge in [-0.1, -0.05) is 13.0 Å². The molecule has 0 aliphatic heterocycles. The molecule has 1 aromatic heterocycles. The van der Waals surface area contributed by atoms with Gasteiger partial charge in [-0.3, -0.25) is 0 Å². The van der Waals surface area contributed by atoms with Crippen LogP contribution in [0, 0.1) is 5.82 Å². The second kappa shape index (κ2) is 7.12. The average Bonchev–Trinajstić information content (AvgIpc) is 2.88. The molecule has 1 aromatic carbocycles.